The van der Waals surface area contributed by atoms with Gasteiger partial charge in [0, 0.05) is 36.9 Å². The van der Waals surface area contributed by atoms with E-state index in [9.17, 15) is 13.2 Å². The number of carbonyl (C=O) groups is 1. The summed E-state index contributed by atoms with van der Waals surface area (Å²) in [6.07, 6.45) is 6.16. The third-order valence-electron chi connectivity index (χ3n) is 6.25. The number of hydrogen-bond acceptors (Lipinski definition) is 5. The lowest BCUT2D eigenvalue weighted by Gasteiger charge is -2.18. The Kier molecular flexibility index (Phi) is 7.01. The number of anilines is 1. The number of amides is 1. The monoisotopic (exact) mass is 457 g/mol. The Morgan fingerprint density at radius 2 is 1.72 bits per heavy atom. The molecule has 1 aliphatic heterocycles. The number of benzene rings is 2. The van der Waals surface area contributed by atoms with E-state index in [0.29, 0.717) is 6.54 Å². The summed E-state index contributed by atoms with van der Waals surface area (Å²) in [4.78, 5) is 15.1. The number of rotatable bonds is 8. The zero-order valence-corrected chi connectivity index (χ0v) is 19.3. The van der Waals surface area contributed by atoms with Crippen LogP contribution in [0.1, 0.15) is 54.4 Å². The fourth-order valence-corrected chi connectivity index (χ4v) is 5.94. The quantitative estimate of drug-likeness (QED) is 0.634. The van der Waals surface area contributed by atoms with E-state index >= 15 is 0 Å². The highest BCUT2D eigenvalue weighted by atomic mass is 32.2. The zero-order valence-electron chi connectivity index (χ0n) is 18.5. The van der Waals surface area contributed by atoms with Crippen LogP contribution in [0.4, 0.5) is 5.69 Å². The summed E-state index contributed by atoms with van der Waals surface area (Å²) in [5.74, 6) is -0.0989. The SMILES string of the molecule is COc1ccc(C(=O)NCc2ccc(N3CCCC3)cc2)cc1S(=O)(=O)NC1CCCC1. The Morgan fingerprint density at radius 3 is 2.38 bits per heavy atom. The molecule has 1 saturated heterocycles. The third kappa shape index (κ3) is 5.24. The Hall–Kier alpha value is -2.58. The van der Waals surface area contributed by atoms with Crippen LogP contribution in [0.25, 0.3) is 0 Å². The topological polar surface area (TPSA) is 87.7 Å². The maximum Gasteiger partial charge on any atom is 0.251 e. The molecule has 2 aromatic rings. The van der Waals surface area contributed by atoms with E-state index in [1.165, 1.54) is 37.8 Å². The van der Waals surface area contributed by atoms with Crippen molar-refractivity contribution in [3.63, 3.8) is 0 Å². The van der Waals surface area contributed by atoms with E-state index < -0.39 is 10.0 Å². The van der Waals surface area contributed by atoms with Gasteiger partial charge in [-0.2, -0.15) is 0 Å². The van der Waals surface area contributed by atoms with Crippen LogP contribution in [0.15, 0.2) is 47.4 Å². The van der Waals surface area contributed by atoms with E-state index in [2.05, 4.69) is 27.1 Å². The molecule has 7 nitrogen and oxygen atoms in total. The van der Waals surface area contributed by atoms with E-state index in [1.807, 2.05) is 12.1 Å². The maximum atomic E-state index is 12.9. The molecule has 1 amide bonds. The van der Waals surface area contributed by atoms with Crippen molar-refractivity contribution < 1.29 is 17.9 Å². The van der Waals surface area contributed by atoms with Gasteiger partial charge in [-0.1, -0.05) is 25.0 Å². The minimum atomic E-state index is -3.78. The first kappa shape index (κ1) is 22.6. The lowest BCUT2D eigenvalue weighted by Crippen LogP contribution is -2.33. The largest absolute Gasteiger partial charge is 0.495 e. The molecule has 2 N–H and O–H groups in total. The van der Waals surface area contributed by atoms with Crippen LogP contribution in [0.2, 0.25) is 0 Å². The van der Waals surface area contributed by atoms with Gasteiger partial charge in [-0.3, -0.25) is 4.79 Å². The number of nitrogens with one attached hydrogen (secondary N) is 2. The number of sulfonamides is 1. The fraction of sp³-hybridized carbons (Fsp3) is 0.458. The van der Waals surface area contributed by atoms with E-state index in [1.54, 1.807) is 6.07 Å². The normalized spacial score (nSPS) is 17.0. The standard InChI is InChI=1S/C24H31N3O4S/c1-31-22-13-10-19(16-23(22)32(29,30)26-20-6-2-3-7-20)24(28)25-17-18-8-11-21(12-9-18)27-14-4-5-15-27/h8-13,16,20,26H,2-7,14-15,17H2,1H3,(H,25,28). The van der Waals surface area contributed by atoms with Crippen LogP contribution in [-0.2, 0) is 16.6 Å². The molecular formula is C24H31N3O4S. The average molecular weight is 458 g/mol. The molecule has 0 unspecified atom stereocenters. The lowest BCUT2D eigenvalue weighted by molar-refractivity contribution is 0.0950. The molecule has 172 valence electrons. The van der Waals surface area contributed by atoms with E-state index in [0.717, 1.165) is 44.3 Å². The van der Waals surface area contributed by atoms with Crippen molar-refractivity contribution in [1.29, 1.82) is 0 Å². The smallest absolute Gasteiger partial charge is 0.251 e. The second-order valence-electron chi connectivity index (χ2n) is 8.51. The summed E-state index contributed by atoms with van der Waals surface area (Å²) >= 11 is 0. The number of hydrogen-bond donors (Lipinski definition) is 2. The van der Waals surface area contributed by atoms with Crippen LogP contribution in [0, 0.1) is 0 Å². The van der Waals surface area contributed by atoms with Crippen LogP contribution < -0.4 is 19.7 Å². The molecule has 0 aromatic heterocycles. The Morgan fingerprint density at radius 1 is 1.03 bits per heavy atom. The Balaban J connectivity index is 1.43. The number of ether oxygens (including phenoxy) is 1. The van der Waals surface area contributed by atoms with Crippen molar-refractivity contribution in [2.45, 2.75) is 56.0 Å². The van der Waals surface area contributed by atoms with Crippen LogP contribution in [-0.4, -0.2) is 40.6 Å². The van der Waals surface area contributed by atoms with Crippen molar-refractivity contribution in [3.8, 4) is 5.75 Å². The number of nitrogens with zero attached hydrogens (tertiary/aromatic N) is 1. The molecule has 32 heavy (non-hydrogen) atoms. The van der Waals surface area contributed by atoms with Gasteiger partial charge in [0.2, 0.25) is 10.0 Å². The summed E-state index contributed by atoms with van der Waals surface area (Å²) in [5.41, 5.74) is 2.48. The predicted octanol–water partition coefficient (Wildman–Crippen LogP) is 3.45. The first-order valence-electron chi connectivity index (χ1n) is 11.3. The van der Waals surface area contributed by atoms with Gasteiger partial charge in [0.25, 0.3) is 5.91 Å². The summed E-state index contributed by atoms with van der Waals surface area (Å²) in [6.45, 7) is 2.55. The third-order valence-corrected chi connectivity index (χ3v) is 7.79. The average Bonchev–Trinajstić information content (AvgIpc) is 3.51. The minimum absolute atomic E-state index is 0.00508. The summed E-state index contributed by atoms with van der Waals surface area (Å²) in [5, 5.41) is 2.88. The van der Waals surface area contributed by atoms with Gasteiger partial charge in [0.1, 0.15) is 10.6 Å². The molecule has 4 rings (SSSR count). The highest BCUT2D eigenvalue weighted by Gasteiger charge is 2.26. The maximum absolute atomic E-state index is 12.9. The van der Waals surface area contributed by atoms with Gasteiger partial charge in [-0.25, -0.2) is 13.1 Å². The summed E-state index contributed by atoms with van der Waals surface area (Å²) in [6, 6.07) is 12.6. The lowest BCUT2D eigenvalue weighted by atomic mass is 10.1. The zero-order chi connectivity index (χ0) is 22.6. The molecule has 1 aliphatic carbocycles. The van der Waals surface area contributed by atoms with Crippen molar-refractivity contribution in [3.05, 3.63) is 53.6 Å². The summed E-state index contributed by atoms with van der Waals surface area (Å²) < 4.78 is 33.9. The molecule has 8 heteroatoms. The van der Waals surface area contributed by atoms with Gasteiger partial charge >= 0.3 is 0 Å². The highest BCUT2D eigenvalue weighted by molar-refractivity contribution is 7.89. The molecule has 0 spiro atoms. The second-order valence-corrected chi connectivity index (χ2v) is 10.2. The molecule has 1 heterocycles. The van der Waals surface area contributed by atoms with Gasteiger partial charge in [-0.15, -0.1) is 0 Å². The minimum Gasteiger partial charge on any atom is -0.495 e. The van der Waals surface area contributed by atoms with E-state index in [-0.39, 0.29) is 28.2 Å². The van der Waals surface area contributed by atoms with Crippen LogP contribution >= 0.6 is 0 Å². The van der Waals surface area contributed by atoms with E-state index in [4.69, 9.17) is 4.74 Å². The first-order chi connectivity index (χ1) is 15.5. The molecule has 1 saturated carbocycles. The van der Waals surface area contributed by atoms with Crippen molar-refractivity contribution in [2.75, 3.05) is 25.1 Å². The molecule has 2 aliphatic rings. The van der Waals surface area contributed by atoms with Crippen molar-refractivity contribution in [2.24, 2.45) is 0 Å². The van der Waals surface area contributed by atoms with Gasteiger partial charge in [0.05, 0.1) is 7.11 Å². The van der Waals surface area contributed by atoms with Gasteiger partial charge in [0.15, 0.2) is 0 Å². The second kappa shape index (κ2) is 9.92. The van der Waals surface area contributed by atoms with Gasteiger partial charge < -0.3 is 15.0 Å². The molecule has 0 radical (unpaired) electrons. The van der Waals surface area contributed by atoms with Crippen molar-refractivity contribution in [1.82, 2.24) is 10.0 Å². The number of carbonyl (C=O) groups excluding carboxylic acids is 1. The predicted molar refractivity (Wildman–Crippen MR) is 125 cm³/mol. The first-order valence-corrected chi connectivity index (χ1v) is 12.8. The van der Waals surface area contributed by atoms with Crippen molar-refractivity contribution >= 4 is 21.6 Å². The fourth-order valence-electron chi connectivity index (χ4n) is 4.44. The molecular weight excluding hydrogens is 426 g/mol. The molecule has 2 aromatic carbocycles. The van der Waals surface area contributed by atoms with Crippen LogP contribution in [0.3, 0.4) is 0 Å². The Labute approximate surface area is 190 Å². The molecule has 2 fully saturated rings. The highest BCUT2D eigenvalue weighted by Crippen LogP contribution is 2.27. The Bertz CT molecular complexity index is 1040. The molecule has 0 atom stereocenters. The molecule has 0 bridgehead atoms. The van der Waals surface area contributed by atoms with Gasteiger partial charge in [-0.05, 0) is 61.6 Å². The number of methoxy groups -OCH3 is 1. The summed E-state index contributed by atoms with van der Waals surface area (Å²) in [7, 11) is -2.36. The van der Waals surface area contributed by atoms with Crippen LogP contribution in [0.5, 0.6) is 5.75 Å².